The van der Waals surface area contributed by atoms with E-state index >= 15 is 0 Å². The lowest BCUT2D eigenvalue weighted by molar-refractivity contribution is -0.132. The predicted molar refractivity (Wildman–Crippen MR) is 106 cm³/mol. The van der Waals surface area contributed by atoms with Crippen molar-refractivity contribution in [2.75, 3.05) is 18.1 Å². The Morgan fingerprint density at radius 3 is 2.88 bits per heavy atom. The number of rotatable bonds is 5. The zero-order valence-corrected chi connectivity index (χ0v) is 16.8. The van der Waals surface area contributed by atoms with Gasteiger partial charge in [-0.3, -0.25) is 4.79 Å². The Labute approximate surface area is 167 Å². The van der Waals surface area contributed by atoms with Gasteiger partial charge in [0.25, 0.3) is 0 Å². The summed E-state index contributed by atoms with van der Waals surface area (Å²) < 4.78 is 1.36. The highest BCUT2D eigenvalue weighted by Crippen LogP contribution is 2.30. The van der Waals surface area contributed by atoms with Crippen molar-refractivity contribution >= 4 is 40.9 Å². The molecule has 140 valence electrons. The Hall–Kier alpha value is -1.44. The van der Waals surface area contributed by atoms with Crippen LogP contribution in [-0.4, -0.2) is 44.0 Å². The van der Waals surface area contributed by atoms with Gasteiger partial charge in [-0.05, 0) is 43.9 Å². The molecule has 1 saturated heterocycles. The summed E-state index contributed by atoms with van der Waals surface area (Å²) in [6, 6.07) is 5.44. The molecule has 0 spiro atoms. The molecular formula is C17H21Cl2N5OS. The van der Waals surface area contributed by atoms with Crippen LogP contribution in [0.1, 0.15) is 32.6 Å². The van der Waals surface area contributed by atoms with E-state index in [1.54, 1.807) is 18.2 Å². The van der Waals surface area contributed by atoms with Gasteiger partial charge in [-0.2, -0.15) is 0 Å². The van der Waals surface area contributed by atoms with Crippen LogP contribution in [0.15, 0.2) is 23.4 Å². The highest BCUT2D eigenvalue weighted by Gasteiger charge is 2.26. The summed E-state index contributed by atoms with van der Waals surface area (Å²) >= 11 is 13.4. The number of nitrogens with two attached hydrogens (primary N) is 1. The number of carbonyl (C=O) groups excluding carboxylic acids is 1. The van der Waals surface area contributed by atoms with Gasteiger partial charge in [0.1, 0.15) is 0 Å². The van der Waals surface area contributed by atoms with E-state index in [1.165, 1.54) is 22.9 Å². The topological polar surface area (TPSA) is 77.0 Å². The Bertz CT molecular complexity index is 797. The fraction of sp³-hybridized carbons (Fsp3) is 0.471. The van der Waals surface area contributed by atoms with Crippen molar-refractivity contribution in [1.82, 2.24) is 19.8 Å². The second-order valence-electron chi connectivity index (χ2n) is 6.23. The summed E-state index contributed by atoms with van der Waals surface area (Å²) in [5.74, 6) is 6.96. The van der Waals surface area contributed by atoms with Crippen molar-refractivity contribution in [3.05, 3.63) is 28.2 Å². The second kappa shape index (κ2) is 8.50. The van der Waals surface area contributed by atoms with Crippen molar-refractivity contribution in [3.63, 3.8) is 0 Å². The molecule has 1 aromatic carbocycles. The number of nitrogen functional groups attached to an aromatic ring is 1. The number of benzene rings is 1. The SMILES string of the molecule is CCC1CCCCN1C(=O)CSc1nnc(-c2ccc(Cl)cc2Cl)n1N. The fourth-order valence-corrected chi connectivity index (χ4v) is 4.43. The van der Waals surface area contributed by atoms with Gasteiger partial charge in [0.05, 0.1) is 10.8 Å². The van der Waals surface area contributed by atoms with Gasteiger partial charge in [-0.1, -0.05) is 41.9 Å². The lowest BCUT2D eigenvalue weighted by atomic mass is 10.0. The molecule has 3 rings (SSSR count). The molecule has 26 heavy (non-hydrogen) atoms. The molecule has 2 heterocycles. The number of amides is 1. The summed E-state index contributed by atoms with van der Waals surface area (Å²) in [7, 11) is 0. The third-order valence-electron chi connectivity index (χ3n) is 4.58. The van der Waals surface area contributed by atoms with E-state index in [0.29, 0.717) is 38.4 Å². The van der Waals surface area contributed by atoms with Crippen LogP contribution < -0.4 is 5.84 Å². The zero-order valence-electron chi connectivity index (χ0n) is 14.5. The van der Waals surface area contributed by atoms with Gasteiger partial charge < -0.3 is 10.7 Å². The molecule has 0 aliphatic carbocycles. The van der Waals surface area contributed by atoms with Crippen LogP contribution in [0.5, 0.6) is 0 Å². The molecule has 2 N–H and O–H groups in total. The fourth-order valence-electron chi connectivity index (χ4n) is 3.19. The lowest BCUT2D eigenvalue weighted by Gasteiger charge is -2.35. The minimum atomic E-state index is 0.121. The molecule has 1 aromatic heterocycles. The molecule has 0 bridgehead atoms. The highest BCUT2D eigenvalue weighted by molar-refractivity contribution is 7.99. The standard InChI is InChI=1S/C17H21Cl2N5OS/c1-2-12-5-3-4-8-23(12)15(25)10-26-17-22-21-16(24(17)20)13-7-6-11(18)9-14(13)19/h6-7,9,12H,2-5,8,10,20H2,1H3. The lowest BCUT2D eigenvalue weighted by Crippen LogP contribution is -2.44. The minimum absolute atomic E-state index is 0.121. The normalized spacial score (nSPS) is 17.5. The van der Waals surface area contributed by atoms with Gasteiger partial charge in [0.2, 0.25) is 11.1 Å². The van der Waals surface area contributed by atoms with Crippen molar-refractivity contribution in [2.24, 2.45) is 0 Å². The first-order valence-electron chi connectivity index (χ1n) is 8.59. The summed E-state index contributed by atoms with van der Waals surface area (Å²) in [5, 5.41) is 9.67. The number of piperidine rings is 1. The number of halogens is 2. The first-order valence-corrected chi connectivity index (χ1v) is 10.3. The van der Waals surface area contributed by atoms with E-state index in [9.17, 15) is 4.79 Å². The smallest absolute Gasteiger partial charge is 0.233 e. The highest BCUT2D eigenvalue weighted by atomic mass is 35.5. The summed E-state index contributed by atoms with van der Waals surface area (Å²) in [6.07, 6.45) is 4.33. The first kappa shape index (κ1) is 19.3. The third-order valence-corrected chi connectivity index (χ3v) is 6.06. The number of likely N-dealkylation sites (tertiary alicyclic amines) is 1. The number of thioether (sulfide) groups is 1. The molecule has 2 aromatic rings. The van der Waals surface area contributed by atoms with Crippen LogP contribution >= 0.6 is 35.0 Å². The van der Waals surface area contributed by atoms with E-state index in [-0.39, 0.29) is 5.91 Å². The quantitative estimate of drug-likeness (QED) is 0.594. The number of hydrogen-bond acceptors (Lipinski definition) is 5. The summed E-state index contributed by atoms with van der Waals surface area (Å²) in [6.45, 7) is 2.96. The zero-order chi connectivity index (χ0) is 18.7. The molecule has 0 saturated carbocycles. The van der Waals surface area contributed by atoms with Gasteiger partial charge in [-0.15, -0.1) is 10.2 Å². The monoisotopic (exact) mass is 413 g/mol. The van der Waals surface area contributed by atoms with E-state index in [4.69, 9.17) is 29.0 Å². The van der Waals surface area contributed by atoms with E-state index in [0.717, 1.165) is 25.8 Å². The predicted octanol–water partition coefficient (Wildman–Crippen LogP) is 3.85. The van der Waals surface area contributed by atoms with Crippen molar-refractivity contribution in [2.45, 2.75) is 43.8 Å². The Balaban J connectivity index is 1.69. The Morgan fingerprint density at radius 2 is 2.15 bits per heavy atom. The van der Waals surface area contributed by atoms with E-state index in [1.807, 2.05) is 4.90 Å². The average molecular weight is 414 g/mol. The van der Waals surface area contributed by atoms with Crippen molar-refractivity contribution in [3.8, 4) is 11.4 Å². The molecule has 0 radical (unpaired) electrons. The van der Waals surface area contributed by atoms with Gasteiger partial charge in [-0.25, -0.2) is 4.68 Å². The maximum Gasteiger partial charge on any atom is 0.233 e. The summed E-state index contributed by atoms with van der Waals surface area (Å²) in [4.78, 5) is 14.6. The van der Waals surface area contributed by atoms with Crippen molar-refractivity contribution in [1.29, 1.82) is 0 Å². The van der Waals surface area contributed by atoms with Crippen LogP contribution in [-0.2, 0) is 4.79 Å². The summed E-state index contributed by atoms with van der Waals surface area (Å²) in [5.41, 5.74) is 0.645. The van der Waals surface area contributed by atoms with Crippen LogP contribution in [0.2, 0.25) is 10.0 Å². The molecule has 1 atom stereocenters. The number of aromatic nitrogens is 3. The molecule has 1 unspecified atom stereocenters. The maximum absolute atomic E-state index is 12.6. The molecule has 1 fully saturated rings. The minimum Gasteiger partial charge on any atom is -0.339 e. The number of carbonyl (C=O) groups is 1. The van der Waals surface area contributed by atoms with Crippen LogP contribution in [0.4, 0.5) is 0 Å². The van der Waals surface area contributed by atoms with Crippen LogP contribution in [0, 0.1) is 0 Å². The molecule has 1 aliphatic heterocycles. The average Bonchev–Trinajstić information content (AvgIpc) is 3.00. The van der Waals surface area contributed by atoms with E-state index in [2.05, 4.69) is 17.1 Å². The van der Waals surface area contributed by atoms with Crippen molar-refractivity contribution < 1.29 is 4.79 Å². The molecule has 6 nitrogen and oxygen atoms in total. The largest absolute Gasteiger partial charge is 0.339 e. The number of nitrogens with zero attached hydrogens (tertiary/aromatic N) is 4. The third kappa shape index (κ3) is 4.10. The Kier molecular flexibility index (Phi) is 6.32. The maximum atomic E-state index is 12.6. The van der Waals surface area contributed by atoms with Crippen LogP contribution in [0.25, 0.3) is 11.4 Å². The number of hydrogen-bond donors (Lipinski definition) is 1. The van der Waals surface area contributed by atoms with Gasteiger partial charge in [0, 0.05) is 23.2 Å². The van der Waals surface area contributed by atoms with E-state index < -0.39 is 0 Å². The molecule has 1 aliphatic rings. The molecule has 9 heteroatoms. The second-order valence-corrected chi connectivity index (χ2v) is 8.02. The molecular weight excluding hydrogens is 393 g/mol. The molecule has 1 amide bonds. The first-order chi connectivity index (χ1) is 12.5. The Morgan fingerprint density at radius 1 is 1.35 bits per heavy atom. The van der Waals surface area contributed by atoms with Crippen LogP contribution in [0.3, 0.4) is 0 Å². The van der Waals surface area contributed by atoms with Gasteiger partial charge >= 0.3 is 0 Å². The van der Waals surface area contributed by atoms with Gasteiger partial charge in [0.15, 0.2) is 5.82 Å².